The Morgan fingerprint density at radius 2 is 1.83 bits per heavy atom. The average Bonchev–Trinajstić information content (AvgIpc) is 2.74. The zero-order valence-electron chi connectivity index (χ0n) is 18.2. The van der Waals surface area contributed by atoms with Crippen LogP contribution in [-0.2, 0) is 4.79 Å². The second kappa shape index (κ2) is 11.0. The molecule has 0 aromatic heterocycles. The number of piperidine rings is 1. The minimum atomic E-state index is -0.00775. The third kappa shape index (κ3) is 6.85. The first-order valence-corrected chi connectivity index (χ1v) is 11.7. The van der Waals surface area contributed by atoms with E-state index in [4.69, 9.17) is 4.74 Å². The zero-order chi connectivity index (χ0) is 21.5. The number of halogens is 1. The molecule has 5 heteroatoms. The van der Waals surface area contributed by atoms with Crippen molar-refractivity contribution < 1.29 is 9.53 Å². The molecule has 2 aromatic rings. The molecule has 3 rings (SSSR count). The summed E-state index contributed by atoms with van der Waals surface area (Å²) in [5, 5.41) is 3.02. The molecule has 1 saturated heterocycles. The predicted octanol–water partition coefficient (Wildman–Crippen LogP) is 5.94. The summed E-state index contributed by atoms with van der Waals surface area (Å²) in [5.74, 6) is 2.03. The van der Waals surface area contributed by atoms with Crippen LogP contribution in [0.3, 0.4) is 0 Å². The van der Waals surface area contributed by atoms with Crippen molar-refractivity contribution in [2.45, 2.75) is 39.5 Å². The molecule has 1 N–H and O–H groups in total. The van der Waals surface area contributed by atoms with Gasteiger partial charge < -0.3 is 15.0 Å². The number of likely N-dealkylation sites (tertiary alicyclic amines) is 1. The summed E-state index contributed by atoms with van der Waals surface area (Å²) in [4.78, 5) is 14.5. The van der Waals surface area contributed by atoms with Crippen molar-refractivity contribution in [1.82, 2.24) is 4.90 Å². The van der Waals surface area contributed by atoms with Crippen LogP contribution in [0.5, 0.6) is 5.75 Å². The van der Waals surface area contributed by atoms with Gasteiger partial charge in [-0.3, -0.25) is 4.79 Å². The molecule has 0 radical (unpaired) electrons. The van der Waals surface area contributed by atoms with Gasteiger partial charge in [-0.05, 0) is 73.8 Å². The number of amides is 1. The molecule has 0 saturated carbocycles. The first-order chi connectivity index (χ1) is 14.4. The zero-order valence-corrected chi connectivity index (χ0v) is 19.8. The number of nitrogens with one attached hydrogen (secondary N) is 1. The van der Waals surface area contributed by atoms with Gasteiger partial charge in [-0.25, -0.2) is 0 Å². The standard InChI is InChI=1S/C25H33BrN2O2/c1-18(2)25(29)27-23-6-4-5-21(15-23)20-11-13-28(14-12-20)16-19(3)17-30-24-9-7-22(26)8-10-24/h4-10,15,18-20H,11-14,16-17H2,1-3H3,(H,27,29). The molecule has 1 unspecified atom stereocenters. The van der Waals surface area contributed by atoms with Crippen molar-refractivity contribution in [2.75, 3.05) is 31.6 Å². The molecule has 162 valence electrons. The van der Waals surface area contributed by atoms with Crippen LogP contribution in [0.25, 0.3) is 0 Å². The molecule has 0 aliphatic carbocycles. The van der Waals surface area contributed by atoms with Gasteiger partial charge in [0, 0.05) is 28.5 Å². The van der Waals surface area contributed by atoms with E-state index >= 15 is 0 Å². The molecular weight excluding hydrogens is 440 g/mol. The maximum atomic E-state index is 12.0. The highest BCUT2D eigenvalue weighted by atomic mass is 79.9. The Kier molecular flexibility index (Phi) is 8.34. The van der Waals surface area contributed by atoms with Crippen LogP contribution in [0.15, 0.2) is 53.0 Å². The second-order valence-corrected chi connectivity index (χ2v) is 9.63. The number of nitrogens with zero attached hydrogens (tertiary/aromatic N) is 1. The van der Waals surface area contributed by atoms with E-state index < -0.39 is 0 Å². The quantitative estimate of drug-likeness (QED) is 0.516. The van der Waals surface area contributed by atoms with Crippen molar-refractivity contribution in [3.8, 4) is 5.75 Å². The van der Waals surface area contributed by atoms with Gasteiger partial charge in [0.05, 0.1) is 6.61 Å². The van der Waals surface area contributed by atoms with Gasteiger partial charge in [0.25, 0.3) is 0 Å². The average molecular weight is 473 g/mol. The molecule has 4 nitrogen and oxygen atoms in total. The number of hydrogen-bond donors (Lipinski definition) is 1. The smallest absolute Gasteiger partial charge is 0.226 e. The largest absolute Gasteiger partial charge is 0.493 e. The van der Waals surface area contributed by atoms with E-state index in [0.29, 0.717) is 11.8 Å². The molecule has 1 atom stereocenters. The van der Waals surface area contributed by atoms with Gasteiger partial charge in [0.15, 0.2) is 0 Å². The van der Waals surface area contributed by atoms with E-state index in [1.54, 1.807) is 0 Å². The Bertz CT molecular complexity index is 814. The lowest BCUT2D eigenvalue weighted by Gasteiger charge is -2.33. The van der Waals surface area contributed by atoms with Crippen molar-refractivity contribution >= 4 is 27.5 Å². The Morgan fingerprint density at radius 3 is 2.50 bits per heavy atom. The first-order valence-electron chi connectivity index (χ1n) is 10.9. The van der Waals surface area contributed by atoms with E-state index in [0.717, 1.165) is 55.0 Å². The molecule has 1 aliphatic heterocycles. The number of hydrogen-bond acceptors (Lipinski definition) is 3. The van der Waals surface area contributed by atoms with Crippen molar-refractivity contribution in [3.05, 3.63) is 58.6 Å². The molecule has 1 heterocycles. The Balaban J connectivity index is 1.44. The summed E-state index contributed by atoms with van der Waals surface area (Å²) in [6.07, 6.45) is 2.31. The lowest BCUT2D eigenvalue weighted by atomic mass is 9.89. The van der Waals surface area contributed by atoms with Crippen LogP contribution < -0.4 is 10.1 Å². The normalized spacial score (nSPS) is 16.4. The molecule has 0 bridgehead atoms. The Labute approximate surface area is 189 Å². The van der Waals surface area contributed by atoms with Crippen molar-refractivity contribution in [1.29, 1.82) is 0 Å². The number of carbonyl (C=O) groups excluding carboxylic acids is 1. The van der Waals surface area contributed by atoms with E-state index in [2.05, 4.69) is 51.3 Å². The summed E-state index contributed by atoms with van der Waals surface area (Å²) in [5.41, 5.74) is 2.25. The molecule has 30 heavy (non-hydrogen) atoms. The van der Waals surface area contributed by atoms with E-state index in [1.165, 1.54) is 5.56 Å². The SMILES string of the molecule is CC(COc1ccc(Br)cc1)CN1CCC(c2cccc(NC(=O)C(C)C)c2)CC1. The van der Waals surface area contributed by atoms with Crippen molar-refractivity contribution in [3.63, 3.8) is 0 Å². The fourth-order valence-corrected chi connectivity index (χ4v) is 4.13. The highest BCUT2D eigenvalue weighted by Gasteiger charge is 2.22. The van der Waals surface area contributed by atoms with Gasteiger partial charge in [-0.2, -0.15) is 0 Å². The maximum absolute atomic E-state index is 12.0. The van der Waals surface area contributed by atoms with Gasteiger partial charge in [-0.1, -0.05) is 48.8 Å². The number of carbonyl (C=O) groups is 1. The minimum absolute atomic E-state index is 0.00775. The van der Waals surface area contributed by atoms with Crippen LogP contribution >= 0.6 is 15.9 Å². The Morgan fingerprint density at radius 1 is 1.13 bits per heavy atom. The number of benzene rings is 2. The van der Waals surface area contributed by atoms with E-state index in [-0.39, 0.29) is 11.8 Å². The molecule has 1 fully saturated rings. The molecular formula is C25H33BrN2O2. The van der Waals surface area contributed by atoms with Crippen LogP contribution in [0.2, 0.25) is 0 Å². The van der Waals surface area contributed by atoms with Crippen LogP contribution in [0.4, 0.5) is 5.69 Å². The van der Waals surface area contributed by atoms with Crippen molar-refractivity contribution in [2.24, 2.45) is 11.8 Å². The van der Waals surface area contributed by atoms with Crippen LogP contribution in [0, 0.1) is 11.8 Å². The van der Waals surface area contributed by atoms with E-state index in [1.807, 2.05) is 44.2 Å². The first kappa shape index (κ1) is 22.8. The second-order valence-electron chi connectivity index (χ2n) is 8.71. The van der Waals surface area contributed by atoms with E-state index in [9.17, 15) is 4.79 Å². The highest BCUT2D eigenvalue weighted by molar-refractivity contribution is 9.10. The Hall–Kier alpha value is -1.85. The topological polar surface area (TPSA) is 41.6 Å². The summed E-state index contributed by atoms with van der Waals surface area (Å²) >= 11 is 3.45. The lowest BCUT2D eigenvalue weighted by molar-refractivity contribution is -0.118. The monoisotopic (exact) mass is 472 g/mol. The summed E-state index contributed by atoms with van der Waals surface area (Å²) in [6.45, 7) is 10.1. The molecule has 0 spiro atoms. The third-order valence-electron chi connectivity index (χ3n) is 5.66. The summed E-state index contributed by atoms with van der Waals surface area (Å²) < 4.78 is 7.00. The van der Waals surface area contributed by atoms with Crippen LogP contribution in [-0.4, -0.2) is 37.0 Å². The minimum Gasteiger partial charge on any atom is -0.493 e. The van der Waals surface area contributed by atoms with Gasteiger partial charge in [-0.15, -0.1) is 0 Å². The fraction of sp³-hybridized carbons (Fsp3) is 0.480. The lowest BCUT2D eigenvalue weighted by Crippen LogP contribution is -2.37. The van der Waals surface area contributed by atoms with Gasteiger partial charge in [0.2, 0.25) is 5.91 Å². The predicted molar refractivity (Wildman–Crippen MR) is 127 cm³/mol. The van der Waals surface area contributed by atoms with Gasteiger partial charge in [0.1, 0.15) is 5.75 Å². The van der Waals surface area contributed by atoms with Crippen LogP contribution in [0.1, 0.15) is 45.1 Å². The summed E-state index contributed by atoms with van der Waals surface area (Å²) in [7, 11) is 0. The maximum Gasteiger partial charge on any atom is 0.226 e. The number of rotatable bonds is 8. The van der Waals surface area contributed by atoms with Gasteiger partial charge >= 0.3 is 0 Å². The molecule has 2 aromatic carbocycles. The number of ether oxygens (including phenoxy) is 1. The highest BCUT2D eigenvalue weighted by Crippen LogP contribution is 2.30. The summed E-state index contributed by atoms with van der Waals surface area (Å²) in [6, 6.07) is 16.4. The number of anilines is 1. The molecule has 1 amide bonds. The molecule has 1 aliphatic rings. The third-order valence-corrected chi connectivity index (χ3v) is 6.18. The fourth-order valence-electron chi connectivity index (χ4n) is 3.87.